The molecular weight excluding hydrogens is 373 g/mol. The Kier molecular flexibility index (Phi) is 5.13. The van der Waals surface area contributed by atoms with E-state index < -0.39 is 10.8 Å². The van der Waals surface area contributed by atoms with Gasteiger partial charge in [0.25, 0.3) is 11.6 Å². The molecule has 0 unspecified atom stereocenters. The largest absolute Gasteiger partial charge is 0.496 e. The Morgan fingerprint density at radius 2 is 1.96 bits per heavy atom. The van der Waals surface area contributed by atoms with Gasteiger partial charge < -0.3 is 4.74 Å². The molecular formula is C18H14FN3O4S. The van der Waals surface area contributed by atoms with Crippen molar-refractivity contribution in [3.05, 3.63) is 68.8 Å². The van der Waals surface area contributed by atoms with E-state index in [4.69, 9.17) is 4.74 Å². The first-order valence-corrected chi connectivity index (χ1v) is 8.58. The first-order chi connectivity index (χ1) is 12.9. The summed E-state index contributed by atoms with van der Waals surface area (Å²) in [4.78, 5) is 28.2. The molecule has 0 radical (unpaired) electrons. The van der Waals surface area contributed by atoms with Gasteiger partial charge in [-0.15, -0.1) is 11.3 Å². The number of non-ortho nitro benzene ring substituents is 1. The molecule has 1 aromatic heterocycles. The van der Waals surface area contributed by atoms with Gasteiger partial charge in [0.1, 0.15) is 11.6 Å². The number of halogens is 1. The molecule has 0 fully saturated rings. The van der Waals surface area contributed by atoms with E-state index in [1.165, 1.54) is 42.7 Å². The molecule has 0 atom stereocenters. The minimum absolute atomic E-state index is 0.0304. The molecule has 0 aliphatic heterocycles. The van der Waals surface area contributed by atoms with E-state index in [9.17, 15) is 19.3 Å². The molecule has 0 saturated carbocycles. The van der Waals surface area contributed by atoms with E-state index in [0.717, 1.165) is 16.5 Å². The van der Waals surface area contributed by atoms with Crippen molar-refractivity contribution in [3.63, 3.8) is 0 Å². The quantitative estimate of drug-likeness (QED) is 0.516. The lowest BCUT2D eigenvalue weighted by Crippen LogP contribution is -2.13. The third kappa shape index (κ3) is 3.93. The van der Waals surface area contributed by atoms with Crippen molar-refractivity contribution < 1.29 is 18.8 Å². The molecule has 9 heteroatoms. The van der Waals surface area contributed by atoms with E-state index in [0.29, 0.717) is 10.8 Å². The summed E-state index contributed by atoms with van der Waals surface area (Å²) in [6, 6.07) is 9.65. The monoisotopic (exact) mass is 387 g/mol. The topological polar surface area (TPSA) is 94.4 Å². The number of anilines is 1. The summed E-state index contributed by atoms with van der Waals surface area (Å²) in [6.07, 6.45) is 0. The molecule has 3 aromatic rings. The van der Waals surface area contributed by atoms with Crippen LogP contribution in [0.25, 0.3) is 11.3 Å². The summed E-state index contributed by atoms with van der Waals surface area (Å²) in [6.45, 7) is 1.83. The van der Waals surface area contributed by atoms with Crippen molar-refractivity contribution in [1.29, 1.82) is 0 Å². The van der Waals surface area contributed by atoms with E-state index in [1.54, 1.807) is 12.1 Å². The zero-order chi connectivity index (χ0) is 19.6. The van der Waals surface area contributed by atoms with Crippen LogP contribution in [0.3, 0.4) is 0 Å². The Bertz CT molecular complexity index is 1020. The number of nitrogens with one attached hydrogen (secondary N) is 1. The van der Waals surface area contributed by atoms with Crippen molar-refractivity contribution in [3.8, 4) is 17.0 Å². The number of nitro benzene ring substituents is 1. The van der Waals surface area contributed by atoms with Gasteiger partial charge >= 0.3 is 0 Å². The lowest BCUT2D eigenvalue weighted by molar-refractivity contribution is -0.384. The van der Waals surface area contributed by atoms with Gasteiger partial charge in [-0.3, -0.25) is 20.2 Å². The number of carbonyl (C=O) groups is 1. The average Bonchev–Trinajstić information content (AvgIpc) is 3.01. The fourth-order valence-electron chi connectivity index (χ4n) is 2.48. The standard InChI is InChI=1S/C18H14FN3O4S/c1-10-16(11-3-5-12(19)6-4-11)20-18(27-10)21-17(23)14-9-13(22(24)25)7-8-15(14)26-2/h3-9H,1-2H3,(H,20,21,23). The fraction of sp³-hybridized carbons (Fsp3) is 0.111. The van der Waals surface area contributed by atoms with E-state index in [-0.39, 0.29) is 22.8 Å². The van der Waals surface area contributed by atoms with Crippen LogP contribution in [0.5, 0.6) is 5.75 Å². The molecule has 0 aliphatic carbocycles. The predicted molar refractivity (Wildman–Crippen MR) is 99.8 cm³/mol. The van der Waals surface area contributed by atoms with Gasteiger partial charge in [-0.05, 0) is 37.3 Å². The van der Waals surface area contributed by atoms with Gasteiger partial charge in [0.05, 0.1) is 23.3 Å². The van der Waals surface area contributed by atoms with Gasteiger partial charge in [-0.2, -0.15) is 0 Å². The summed E-state index contributed by atoms with van der Waals surface area (Å²) >= 11 is 1.25. The third-order valence-electron chi connectivity index (χ3n) is 3.77. The Labute approximate surface area is 157 Å². The van der Waals surface area contributed by atoms with Crippen LogP contribution in [-0.2, 0) is 0 Å². The minimum atomic E-state index is -0.587. The van der Waals surface area contributed by atoms with Crippen molar-refractivity contribution in [2.45, 2.75) is 6.92 Å². The summed E-state index contributed by atoms with van der Waals surface area (Å²) < 4.78 is 18.2. The van der Waals surface area contributed by atoms with Crippen LogP contribution in [0.1, 0.15) is 15.2 Å². The number of nitrogens with zero attached hydrogens (tertiary/aromatic N) is 2. The highest BCUT2D eigenvalue weighted by Crippen LogP contribution is 2.31. The highest BCUT2D eigenvalue weighted by Gasteiger charge is 2.19. The number of carbonyl (C=O) groups excluding carboxylic acids is 1. The van der Waals surface area contributed by atoms with Crippen LogP contribution in [0.15, 0.2) is 42.5 Å². The Morgan fingerprint density at radius 3 is 2.59 bits per heavy atom. The first kappa shape index (κ1) is 18.5. The molecule has 27 heavy (non-hydrogen) atoms. The van der Waals surface area contributed by atoms with Crippen molar-refractivity contribution in [1.82, 2.24) is 4.98 Å². The molecule has 0 saturated heterocycles. The normalized spacial score (nSPS) is 10.5. The summed E-state index contributed by atoms with van der Waals surface area (Å²) in [5, 5.41) is 13.9. The maximum atomic E-state index is 13.1. The number of methoxy groups -OCH3 is 1. The molecule has 1 heterocycles. The van der Waals surface area contributed by atoms with E-state index in [1.807, 2.05) is 6.92 Å². The Morgan fingerprint density at radius 1 is 1.26 bits per heavy atom. The average molecular weight is 387 g/mol. The van der Waals surface area contributed by atoms with Crippen molar-refractivity contribution in [2.75, 3.05) is 12.4 Å². The van der Waals surface area contributed by atoms with Crippen LogP contribution in [0.2, 0.25) is 0 Å². The SMILES string of the molecule is COc1ccc([N+](=O)[O-])cc1C(=O)Nc1nc(-c2ccc(F)cc2)c(C)s1. The maximum absolute atomic E-state index is 13.1. The summed E-state index contributed by atoms with van der Waals surface area (Å²) in [5.41, 5.74) is 1.16. The predicted octanol–water partition coefficient (Wildman–Crippen LogP) is 4.43. The van der Waals surface area contributed by atoms with E-state index in [2.05, 4.69) is 10.3 Å². The van der Waals surface area contributed by atoms with Crippen molar-refractivity contribution >= 4 is 28.1 Å². The molecule has 7 nitrogen and oxygen atoms in total. The summed E-state index contributed by atoms with van der Waals surface area (Å²) in [5.74, 6) is -0.710. The number of rotatable bonds is 5. The number of thiazole rings is 1. The summed E-state index contributed by atoms with van der Waals surface area (Å²) in [7, 11) is 1.37. The van der Waals surface area contributed by atoms with Gasteiger partial charge in [-0.25, -0.2) is 9.37 Å². The second kappa shape index (κ2) is 7.50. The van der Waals surface area contributed by atoms with Gasteiger partial charge in [0, 0.05) is 22.6 Å². The highest BCUT2D eigenvalue weighted by atomic mass is 32.1. The zero-order valence-electron chi connectivity index (χ0n) is 14.4. The Hall–Kier alpha value is -3.33. The number of aryl methyl sites for hydroxylation is 1. The number of aromatic nitrogens is 1. The number of ether oxygens (including phenoxy) is 1. The number of amides is 1. The third-order valence-corrected chi connectivity index (χ3v) is 4.66. The van der Waals surface area contributed by atoms with Crippen LogP contribution in [0, 0.1) is 22.9 Å². The molecule has 0 bridgehead atoms. The molecule has 3 rings (SSSR count). The molecule has 1 N–H and O–H groups in total. The van der Waals surface area contributed by atoms with Crippen LogP contribution >= 0.6 is 11.3 Å². The van der Waals surface area contributed by atoms with Crippen LogP contribution in [0.4, 0.5) is 15.2 Å². The molecule has 1 amide bonds. The van der Waals surface area contributed by atoms with E-state index >= 15 is 0 Å². The number of hydrogen-bond acceptors (Lipinski definition) is 6. The second-order valence-corrected chi connectivity index (χ2v) is 6.73. The number of nitro groups is 1. The number of hydrogen-bond donors (Lipinski definition) is 1. The molecule has 138 valence electrons. The van der Waals surface area contributed by atoms with Gasteiger partial charge in [-0.1, -0.05) is 0 Å². The van der Waals surface area contributed by atoms with Crippen LogP contribution in [-0.4, -0.2) is 22.9 Å². The number of benzene rings is 2. The van der Waals surface area contributed by atoms with Gasteiger partial charge in [0.2, 0.25) is 0 Å². The highest BCUT2D eigenvalue weighted by molar-refractivity contribution is 7.16. The zero-order valence-corrected chi connectivity index (χ0v) is 15.2. The lowest BCUT2D eigenvalue weighted by atomic mass is 10.1. The molecule has 0 spiro atoms. The first-order valence-electron chi connectivity index (χ1n) is 7.76. The Balaban J connectivity index is 1.89. The lowest BCUT2D eigenvalue weighted by Gasteiger charge is -2.07. The fourth-order valence-corrected chi connectivity index (χ4v) is 3.31. The van der Waals surface area contributed by atoms with Gasteiger partial charge in [0.15, 0.2) is 5.13 Å². The minimum Gasteiger partial charge on any atom is -0.496 e. The smallest absolute Gasteiger partial charge is 0.270 e. The molecule has 2 aromatic carbocycles. The van der Waals surface area contributed by atoms with Crippen LogP contribution < -0.4 is 10.1 Å². The van der Waals surface area contributed by atoms with Crippen molar-refractivity contribution in [2.24, 2.45) is 0 Å². The second-order valence-electron chi connectivity index (χ2n) is 5.53. The molecule has 0 aliphatic rings. The maximum Gasteiger partial charge on any atom is 0.270 e.